The van der Waals surface area contributed by atoms with Gasteiger partial charge in [0.1, 0.15) is 12.6 Å². The Kier molecular flexibility index (Phi) is 7.87. The van der Waals surface area contributed by atoms with Gasteiger partial charge in [-0.25, -0.2) is 9.59 Å². The lowest BCUT2D eigenvalue weighted by molar-refractivity contribution is -0.148. The highest BCUT2D eigenvalue weighted by Crippen LogP contribution is 2.44. The number of nitrogens with one attached hydrogen (secondary N) is 1. The summed E-state index contributed by atoms with van der Waals surface area (Å²) in [6.45, 7) is 2.23. The van der Waals surface area contributed by atoms with Gasteiger partial charge in [-0.3, -0.25) is 4.79 Å². The summed E-state index contributed by atoms with van der Waals surface area (Å²) in [7, 11) is 1.50. The van der Waals surface area contributed by atoms with Gasteiger partial charge in [0.2, 0.25) is 5.91 Å². The van der Waals surface area contributed by atoms with Crippen molar-refractivity contribution in [3.8, 4) is 11.1 Å². The molecule has 0 spiro atoms. The van der Waals surface area contributed by atoms with Crippen molar-refractivity contribution in [1.29, 1.82) is 0 Å². The first-order chi connectivity index (χ1) is 15.4. The minimum absolute atomic E-state index is 0.0318. The van der Waals surface area contributed by atoms with Crippen LogP contribution in [-0.4, -0.2) is 54.2 Å². The molecule has 1 aliphatic rings. The smallest absolute Gasteiger partial charge is 0.407 e. The molecule has 0 fully saturated rings. The molecular formula is C25H30N2O5. The third kappa shape index (κ3) is 5.46. The van der Waals surface area contributed by atoms with Gasteiger partial charge < -0.3 is 20.1 Å². The van der Waals surface area contributed by atoms with Crippen molar-refractivity contribution in [1.82, 2.24) is 10.2 Å². The van der Waals surface area contributed by atoms with Crippen LogP contribution in [0.1, 0.15) is 49.7 Å². The molecule has 0 saturated heterocycles. The number of amides is 2. The molecule has 0 unspecified atom stereocenters. The van der Waals surface area contributed by atoms with Gasteiger partial charge in [0.25, 0.3) is 0 Å². The first kappa shape index (κ1) is 23.3. The fourth-order valence-electron chi connectivity index (χ4n) is 3.98. The van der Waals surface area contributed by atoms with Crippen LogP contribution in [0.25, 0.3) is 11.1 Å². The van der Waals surface area contributed by atoms with E-state index in [1.54, 1.807) is 0 Å². The number of carbonyl (C=O) groups is 3. The zero-order valence-electron chi connectivity index (χ0n) is 18.5. The zero-order valence-corrected chi connectivity index (χ0v) is 18.5. The lowest BCUT2D eigenvalue weighted by Gasteiger charge is -2.21. The quantitative estimate of drug-likeness (QED) is 0.546. The number of hydrogen-bond acceptors (Lipinski definition) is 4. The number of carboxylic acid groups (broad SMARTS) is 1. The molecule has 0 bridgehead atoms. The summed E-state index contributed by atoms with van der Waals surface area (Å²) >= 11 is 0. The summed E-state index contributed by atoms with van der Waals surface area (Å²) in [5.74, 6) is -1.18. The van der Waals surface area contributed by atoms with E-state index in [0.717, 1.165) is 12.8 Å². The molecule has 32 heavy (non-hydrogen) atoms. The SMILES string of the molecule is C[C@@H](C(=O)O)N(C)C(=O)CCCCCNC(=O)OCC1c2ccccc2-c2ccccc21. The van der Waals surface area contributed by atoms with E-state index in [-0.39, 0.29) is 18.4 Å². The van der Waals surface area contributed by atoms with Gasteiger partial charge in [-0.15, -0.1) is 0 Å². The van der Waals surface area contributed by atoms with E-state index in [0.29, 0.717) is 19.4 Å². The second-order valence-corrected chi connectivity index (χ2v) is 8.08. The summed E-state index contributed by atoms with van der Waals surface area (Å²) in [5.41, 5.74) is 4.73. The number of carboxylic acids is 1. The molecule has 170 valence electrons. The minimum atomic E-state index is -1.02. The fourth-order valence-corrected chi connectivity index (χ4v) is 3.98. The van der Waals surface area contributed by atoms with Crippen molar-refractivity contribution in [2.75, 3.05) is 20.2 Å². The maximum atomic E-state index is 12.1. The molecule has 2 amide bonds. The number of likely N-dealkylation sites (N-methyl/N-ethyl adjacent to an activating group) is 1. The Morgan fingerprint density at radius 2 is 1.59 bits per heavy atom. The van der Waals surface area contributed by atoms with Gasteiger partial charge >= 0.3 is 12.1 Å². The first-order valence-electron chi connectivity index (χ1n) is 11.0. The molecule has 0 heterocycles. The van der Waals surface area contributed by atoms with E-state index in [1.807, 2.05) is 24.3 Å². The van der Waals surface area contributed by atoms with Crippen LogP contribution in [0.5, 0.6) is 0 Å². The van der Waals surface area contributed by atoms with Crippen LogP contribution in [0.15, 0.2) is 48.5 Å². The second kappa shape index (κ2) is 10.8. The van der Waals surface area contributed by atoms with Gasteiger partial charge in [-0.2, -0.15) is 0 Å². The monoisotopic (exact) mass is 438 g/mol. The van der Waals surface area contributed by atoms with Crippen molar-refractivity contribution in [3.63, 3.8) is 0 Å². The molecule has 7 nitrogen and oxygen atoms in total. The van der Waals surface area contributed by atoms with Gasteiger partial charge in [0, 0.05) is 25.9 Å². The summed E-state index contributed by atoms with van der Waals surface area (Å²) in [5, 5.41) is 11.7. The molecule has 0 aliphatic heterocycles. The number of benzene rings is 2. The van der Waals surface area contributed by atoms with Crippen LogP contribution in [0.3, 0.4) is 0 Å². The highest BCUT2D eigenvalue weighted by atomic mass is 16.5. The Morgan fingerprint density at radius 3 is 2.19 bits per heavy atom. The number of aliphatic carboxylic acids is 1. The van der Waals surface area contributed by atoms with E-state index in [9.17, 15) is 14.4 Å². The van der Waals surface area contributed by atoms with E-state index in [4.69, 9.17) is 9.84 Å². The normalized spacial score (nSPS) is 13.1. The van der Waals surface area contributed by atoms with Crippen LogP contribution in [0, 0.1) is 0 Å². The van der Waals surface area contributed by atoms with Crippen LogP contribution >= 0.6 is 0 Å². The predicted octanol–water partition coefficient (Wildman–Crippen LogP) is 4.02. The second-order valence-electron chi connectivity index (χ2n) is 8.08. The Hall–Kier alpha value is -3.35. The van der Waals surface area contributed by atoms with Gasteiger partial charge in [-0.1, -0.05) is 55.0 Å². The molecule has 2 aromatic carbocycles. The molecule has 3 rings (SSSR count). The molecule has 1 atom stereocenters. The van der Waals surface area contributed by atoms with E-state index < -0.39 is 18.1 Å². The molecular weight excluding hydrogens is 408 g/mol. The molecule has 0 aromatic heterocycles. The highest BCUT2D eigenvalue weighted by molar-refractivity contribution is 5.83. The van der Waals surface area contributed by atoms with Gasteiger partial charge in [-0.05, 0) is 42.0 Å². The van der Waals surface area contributed by atoms with Gasteiger partial charge in [0.15, 0.2) is 0 Å². The molecule has 0 saturated carbocycles. The number of fused-ring (bicyclic) bond motifs is 3. The number of rotatable bonds is 10. The van der Waals surface area contributed by atoms with E-state index >= 15 is 0 Å². The largest absolute Gasteiger partial charge is 0.480 e. The average Bonchev–Trinajstić information content (AvgIpc) is 3.12. The van der Waals surface area contributed by atoms with Crippen molar-refractivity contribution in [3.05, 3.63) is 59.7 Å². The number of carbonyl (C=O) groups excluding carboxylic acids is 2. The van der Waals surface area contributed by atoms with Crippen LogP contribution in [0.2, 0.25) is 0 Å². The average molecular weight is 439 g/mol. The Balaban J connectivity index is 1.36. The van der Waals surface area contributed by atoms with Crippen LogP contribution in [-0.2, 0) is 14.3 Å². The van der Waals surface area contributed by atoms with Crippen LogP contribution in [0.4, 0.5) is 4.79 Å². The topological polar surface area (TPSA) is 95.9 Å². The first-order valence-corrected chi connectivity index (χ1v) is 11.0. The third-order valence-electron chi connectivity index (χ3n) is 6.01. The highest BCUT2D eigenvalue weighted by Gasteiger charge is 2.29. The lowest BCUT2D eigenvalue weighted by Crippen LogP contribution is -2.40. The lowest BCUT2D eigenvalue weighted by atomic mass is 9.98. The fraction of sp³-hybridized carbons (Fsp3) is 0.400. The van der Waals surface area contributed by atoms with Crippen LogP contribution < -0.4 is 5.32 Å². The Bertz CT molecular complexity index is 929. The summed E-state index contributed by atoms with van der Waals surface area (Å²) < 4.78 is 5.50. The van der Waals surface area contributed by atoms with Crippen molar-refractivity contribution in [2.24, 2.45) is 0 Å². The molecule has 7 heteroatoms. The number of hydrogen-bond donors (Lipinski definition) is 2. The minimum Gasteiger partial charge on any atom is -0.480 e. The summed E-state index contributed by atoms with van der Waals surface area (Å²) in [6, 6.07) is 15.6. The number of ether oxygens (including phenoxy) is 1. The molecule has 0 radical (unpaired) electrons. The van der Waals surface area contributed by atoms with Crippen molar-refractivity contribution >= 4 is 18.0 Å². The van der Waals surface area contributed by atoms with E-state index in [2.05, 4.69) is 29.6 Å². The molecule has 1 aliphatic carbocycles. The summed E-state index contributed by atoms with van der Waals surface area (Å²) in [6.07, 6.45) is 1.96. The molecule has 2 aromatic rings. The van der Waals surface area contributed by atoms with E-state index in [1.165, 1.54) is 41.1 Å². The Morgan fingerprint density at radius 1 is 1.00 bits per heavy atom. The number of nitrogens with zero attached hydrogens (tertiary/aromatic N) is 1. The standard InChI is InChI=1S/C25H30N2O5/c1-17(24(29)30)27(2)23(28)14-4-3-9-15-26-25(31)32-16-22-20-12-7-5-10-18(20)19-11-6-8-13-21(19)22/h5-8,10-13,17,22H,3-4,9,14-16H2,1-2H3,(H,26,31)(H,29,30)/t17-/m0/s1. The Labute approximate surface area is 188 Å². The van der Waals surface area contributed by atoms with Gasteiger partial charge in [0.05, 0.1) is 0 Å². The number of alkyl carbamates (subject to hydrolysis) is 1. The molecule has 2 N–H and O–H groups in total. The predicted molar refractivity (Wildman–Crippen MR) is 121 cm³/mol. The maximum Gasteiger partial charge on any atom is 0.407 e. The number of unbranched alkanes of at least 4 members (excludes halogenated alkanes) is 2. The summed E-state index contributed by atoms with van der Waals surface area (Å²) in [4.78, 5) is 36.3. The third-order valence-corrected chi connectivity index (χ3v) is 6.01. The maximum absolute atomic E-state index is 12.1. The van der Waals surface area contributed by atoms with Crippen molar-refractivity contribution in [2.45, 2.75) is 44.6 Å². The van der Waals surface area contributed by atoms with Crippen molar-refractivity contribution < 1.29 is 24.2 Å². The zero-order chi connectivity index (χ0) is 23.1.